The highest BCUT2D eigenvalue weighted by atomic mass is 16.5. The van der Waals surface area contributed by atoms with Crippen LogP contribution in [0, 0.1) is 5.92 Å². The lowest BCUT2D eigenvalue weighted by Crippen LogP contribution is -2.65. The van der Waals surface area contributed by atoms with Gasteiger partial charge in [0, 0.05) is 6.61 Å². The van der Waals surface area contributed by atoms with Gasteiger partial charge < -0.3 is 25.4 Å². The molecule has 0 unspecified atom stereocenters. The Kier molecular flexibility index (Phi) is 3.75. The fourth-order valence-electron chi connectivity index (χ4n) is 2.21. The van der Waals surface area contributed by atoms with Gasteiger partial charge in [0.25, 0.3) is 0 Å². The van der Waals surface area contributed by atoms with Gasteiger partial charge in [-0.2, -0.15) is 0 Å². The van der Waals surface area contributed by atoms with Crippen molar-refractivity contribution >= 4 is 11.9 Å². The van der Waals surface area contributed by atoms with Crippen molar-refractivity contribution in [2.75, 3.05) is 20.3 Å². The van der Waals surface area contributed by atoms with Crippen LogP contribution in [0.2, 0.25) is 0 Å². The molecule has 0 aromatic heterocycles. The number of methoxy groups -OCH3 is 1. The summed E-state index contributed by atoms with van der Waals surface area (Å²) < 4.78 is 4.50. The molecule has 0 aromatic rings. The largest absolute Gasteiger partial charge is 0.467 e. The molecule has 0 bridgehead atoms. The van der Waals surface area contributed by atoms with E-state index in [1.165, 1.54) is 6.92 Å². The maximum atomic E-state index is 11.7. The Hall–Kier alpha value is -1.18. The van der Waals surface area contributed by atoms with E-state index in [0.29, 0.717) is 0 Å². The van der Waals surface area contributed by atoms with E-state index >= 15 is 0 Å². The molecule has 3 atom stereocenters. The number of aliphatic hydroxyl groups excluding tert-OH is 2. The van der Waals surface area contributed by atoms with Crippen LogP contribution in [0.3, 0.4) is 0 Å². The molecule has 0 aliphatic carbocycles. The van der Waals surface area contributed by atoms with Gasteiger partial charge in [-0.15, -0.1) is 0 Å². The van der Waals surface area contributed by atoms with Crippen LogP contribution in [0.1, 0.15) is 13.3 Å². The van der Waals surface area contributed by atoms with E-state index in [0.717, 1.165) is 7.11 Å². The highest BCUT2D eigenvalue weighted by Gasteiger charge is 2.65. The Morgan fingerprint density at radius 2 is 2.12 bits per heavy atom. The van der Waals surface area contributed by atoms with Crippen LogP contribution in [0.4, 0.5) is 0 Å². The molecule has 0 saturated carbocycles. The number of carbonyl (C=O) groups is 2. The van der Waals surface area contributed by atoms with Gasteiger partial charge in [0.15, 0.2) is 5.54 Å². The second kappa shape index (κ2) is 4.59. The van der Waals surface area contributed by atoms with Crippen LogP contribution in [-0.2, 0) is 14.3 Å². The number of esters is 1. The Morgan fingerprint density at radius 3 is 2.53 bits per heavy atom. The molecule has 0 radical (unpaired) electrons. The third kappa shape index (κ3) is 1.80. The minimum Gasteiger partial charge on any atom is -0.467 e. The molecular weight excluding hydrogens is 230 g/mol. The first-order valence-corrected chi connectivity index (χ1v) is 5.22. The van der Waals surface area contributed by atoms with E-state index in [1.807, 2.05) is 0 Å². The molecule has 4 N–H and O–H groups in total. The number of nitrogens with one attached hydrogen (secondary N) is 1. The highest BCUT2D eigenvalue weighted by molar-refractivity contribution is 5.96. The molecule has 7 nitrogen and oxygen atoms in total. The van der Waals surface area contributed by atoms with E-state index < -0.39 is 35.5 Å². The zero-order valence-corrected chi connectivity index (χ0v) is 9.77. The molecule has 1 saturated heterocycles. The highest BCUT2D eigenvalue weighted by Crippen LogP contribution is 2.38. The number of hydrogen-bond donors (Lipinski definition) is 4. The van der Waals surface area contributed by atoms with Gasteiger partial charge in [-0.3, -0.25) is 4.79 Å². The summed E-state index contributed by atoms with van der Waals surface area (Å²) in [6.07, 6.45) is -0.00240. The average Bonchev–Trinajstić information content (AvgIpc) is 2.49. The summed E-state index contributed by atoms with van der Waals surface area (Å²) in [5, 5.41) is 30.7. The number of amides is 1. The van der Waals surface area contributed by atoms with Crippen LogP contribution >= 0.6 is 0 Å². The lowest BCUT2D eigenvalue weighted by Gasteiger charge is -2.36. The molecule has 1 heterocycles. The molecule has 1 aliphatic heterocycles. The molecule has 0 aromatic carbocycles. The lowest BCUT2D eigenvalue weighted by molar-refractivity contribution is -0.163. The van der Waals surface area contributed by atoms with Gasteiger partial charge >= 0.3 is 5.97 Å². The summed E-state index contributed by atoms with van der Waals surface area (Å²) in [7, 11) is 1.10. The third-order valence-electron chi connectivity index (χ3n) is 3.38. The number of rotatable bonds is 4. The summed E-state index contributed by atoms with van der Waals surface area (Å²) in [4.78, 5) is 23.3. The predicted molar refractivity (Wildman–Crippen MR) is 55.8 cm³/mol. The zero-order chi connectivity index (χ0) is 13.3. The number of ether oxygens (including phenoxy) is 1. The molecule has 17 heavy (non-hydrogen) atoms. The summed E-state index contributed by atoms with van der Waals surface area (Å²) >= 11 is 0. The monoisotopic (exact) mass is 247 g/mol. The van der Waals surface area contributed by atoms with Crippen LogP contribution < -0.4 is 5.32 Å². The molecule has 7 heteroatoms. The first-order chi connectivity index (χ1) is 7.87. The Morgan fingerprint density at radius 1 is 1.53 bits per heavy atom. The topological polar surface area (TPSA) is 116 Å². The summed E-state index contributed by atoms with van der Waals surface area (Å²) in [6, 6.07) is 0. The number of carbonyl (C=O) groups excluding carboxylic acids is 2. The predicted octanol–water partition coefficient (Wildman–Crippen LogP) is -2.23. The zero-order valence-electron chi connectivity index (χ0n) is 9.77. The number of hydrogen-bond acceptors (Lipinski definition) is 6. The minimum atomic E-state index is -1.88. The normalized spacial score (nSPS) is 36.8. The standard InChI is InChI=1S/C10H17NO6/c1-9(16)6(3-4-12)7(14)11-10(9,5-13)8(15)17-2/h6,12-13,16H,3-5H2,1-2H3,(H,11,14)/t6-,9-,10-/m1/s1. The van der Waals surface area contributed by atoms with Crippen molar-refractivity contribution in [1.82, 2.24) is 5.32 Å². The van der Waals surface area contributed by atoms with Gasteiger partial charge in [-0.1, -0.05) is 0 Å². The molecule has 1 amide bonds. The number of aliphatic hydroxyl groups is 3. The fourth-order valence-corrected chi connectivity index (χ4v) is 2.21. The van der Waals surface area contributed by atoms with Gasteiger partial charge in [-0.25, -0.2) is 4.79 Å². The van der Waals surface area contributed by atoms with Crippen molar-refractivity contribution < 1.29 is 29.6 Å². The molecule has 1 aliphatic rings. The van der Waals surface area contributed by atoms with Crippen LogP contribution in [0.15, 0.2) is 0 Å². The maximum absolute atomic E-state index is 11.7. The van der Waals surface area contributed by atoms with E-state index in [1.54, 1.807) is 0 Å². The minimum absolute atomic E-state index is 0.00240. The van der Waals surface area contributed by atoms with Crippen LogP contribution in [0.25, 0.3) is 0 Å². The quantitative estimate of drug-likeness (QED) is 0.418. The van der Waals surface area contributed by atoms with E-state index in [-0.39, 0.29) is 13.0 Å². The molecular formula is C10H17NO6. The second-order valence-electron chi connectivity index (χ2n) is 4.26. The van der Waals surface area contributed by atoms with Crippen LogP contribution in [0.5, 0.6) is 0 Å². The first kappa shape index (κ1) is 13.9. The first-order valence-electron chi connectivity index (χ1n) is 5.22. The van der Waals surface area contributed by atoms with Crippen molar-refractivity contribution in [1.29, 1.82) is 0 Å². The van der Waals surface area contributed by atoms with Gasteiger partial charge in [0.2, 0.25) is 5.91 Å². The summed E-state index contributed by atoms with van der Waals surface area (Å²) in [5.41, 5.74) is -3.70. The third-order valence-corrected chi connectivity index (χ3v) is 3.38. The summed E-state index contributed by atoms with van der Waals surface area (Å²) in [5.74, 6) is -2.49. The Balaban J connectivity index is 3.18. The molecule has 98 valence electrons. The molecule has 1 rings (SSSR count). The van der Waals surface area contributed by atoms with Crippen molar-refractivity contribution in [3.05, 3.63) is 0 Å². The van der Waals surface area contributed by atoms with Crippen molar-refractivity contribution in [2.24, 2.45) is 5.92 Å². The summed E-state index contributed by atoms with van der Waals surface area (Å²) in [6.45, 7) is 0.176. The van der Waals surface area contributed by atoms with E-state index in [2.05, 4.69) is 10.1 Å². The van der Waals surface area contributed by atoms with Gasteiger partial charge in [0.1, 0.15) is 5.60 Å². The van der Waals surface area contributed by atoms with Crippen LogP contribution in [-0.4, -0.2) is 58.7 Å². The molecule has 0 spiro atoms. The second-order valence-corrected chi connectivity index (χ2v) is 4.26. The van der Waals surface area contributed by atoms with E-state index in [9.17, 15) is 19.8 Å². The Bertz CT molecular complexity index is 329. The van der Waals surface area contributed by atoms with E-state index in [4.69, 9.17) is 5.11 Å². The van der Waals surface area contributed by atoms with Gasteiger partial charge in [0.05, 0.1) is 19.6 Å². The van der Waals surface area contributed by atoms with Gasteiger partial charge in [-0.05, 0) is 13.3 Å². The van der Waals surface area contributed by atoms with Crippen molar-refractivity contribution in [3.63, 3.8) is 0 Å². The van der Waals surface area contributed by atoms with Crippen molar-refractivity contribution in [2.45, 2.75) is 24.5 Å². The SMILES string of the molecule is COC(=O)[C@@]1(CO)NC(=O)[C@@H](CCO)[C@@]1(C)O. The average molecular weight is 247 g/mol. The fraction of sp³-hybridized carbons (Fsp3) is 0.800. The Labute approximate surface area is 98.4 Å². The maximum Gasteiger partial charge on any atom is 0.337 e. The molecule has 1 fully saturated rings. The lowest BCUT2D eigenvalue weighted by atomic mass is 9.76. The smallest absolute Gasteiger partial charge is 0.337 e. The van der Waals surface area contributed by atoms with Crippen molar-refractivity contribution in [3.8, 4) is 0 Å².